The van der Waals surface area contributed by atoms with Gasteiger partial charge in [-0.05, 0) is 31.2 Å². The molecule has 3 rings (SSSR count). The zero-order valence-electron chi connectivity index (χ0n) is 13.7. The van der Waals surface area contributed by atoms with Crippen LogP contribution in [-0.2, 0) is 17.1 Å². The fourth-order valence-corrected chi connectivity index (χ4v) is 4.73. The summed E-state index contributed by atoms with van der Waals surface area (Å²) in [5.41, 5.74) is 0.979. The molecule has 1 aliphatic heterocycles. The number of benzene rings is 1. The van der Waals surface area contributed by atoms with Crippen molar-refractivity contribution in [2.75, 3.05) is 12.8 Å². The lowest BCUT2D eigenvalue weighted by molar-refractivity contribution is 0.0926. The highest BCUT2D eigenvalue weighted by Crippen LogP contribution is 2.37. The van der Waals surface area contributed by atoms with Crippen LogP contribution in [0.3, 0.4) is 0 Å². The van der Waals surface area contributed by atoms with Crippen LogP contribution in [0.4, 0.5) is 4.39 Å². The molecule has 2 N–H and O–H groups in total. The Morgan fingerprint density at radius 1 is 1.40 bits per heavy atom. The first kappa shape index (κ1) is 18.0. The molecular weight excluding hydrogens is 365 g/mol. The van der Waals surface area contributed by atoms with Crippen LogP contribution in [0.1, 0.15) is 28.5 Å². The minimum absolute atomic E-state index is 0.0216. The van der Waals surface area contributed by atoms with E-state index in [1.54, 1.807) is 19.2 Å². The summed E-state index contributed by atoms with van der Waals surface area (Å²) < 4.78 is 41.4. The largest absolute Gasteiger partial charge is 0.345 e. The first-order valence-electron chi connectivity index (χ1n) is 7.65. The molecule has 0 bridgehead atoms. The van der Waals surface area contributed by atoms with Crippen molar-refractivity contribution in [3.8, 4) is 0 Å². The van der Waals surface area contributed by atoms with Gasteiger partial charge in [0.15, 0.2) is 0 Å². The van der Waals surface area contributed by atoms with Crippen LogP contribution >= 0.6 is 11.8 Å². The number of nitrogens with zero attached hydrogens (tertiary/aromatic N) is 1. The minimum Gasteiger partial charge on any atom is -0.345 e. The molecule has 6 nitrogen and oxygen atoms in total. The number of thioether (sulfide) groups is 1. The highest BCUT2D eigenvalue weighted by molar-refractivity contribution is 7.99. The minimum atomic E-state index is -3.62. The number of carbonyl (C=O) groups excluding carboxylic acids is 1. The van der Waals surface area contributed by atoms with E-state index in [4.69, 9.17) is 0 Å². The fourth-order valence-electron chi connectivity index (χ4n) is 2.79. The highest BCUT2D eigenvalue weighted by atomic mass is 32.2. The van der Waals surface area contributed by atoms with Crippen molar-refractivity contribution in [1.29, 1.82) is 0 Å². The smallest absolute Gasteiger partial charge is 0.268 e. The number of rotatable bonds is 4. The summed E-state index contributed by atoms with van der Waals surface area (Å²) in [5.74, 6) is 0.0145. The predicted molar refractivity (Wildman–Crippen MR) is 93.6 cm³/mol. The molecule has 9 heteroatoms. The summed E-state index contributed by atoms with van der Waals surface area (Å²) in [7, 11) is -0.707. The summed E-state index contributed by atoms with van der Waals surface area (Å²) in [6.45, 7) is 0. The van der Waals surface area contributed by atoms with Gasteiger partial charge in [0.05, 0.1) is 6.04 Å². The van der Waals surface area contributed by atoms with Crippen molar-refractivity contribution in [3.63, 3.8) is 0 Å². The second-order valence-corrected chi connectivity index (χ2v) is 8.69. The summed E-state index contributed by atoms with van der Waals surface area (Å²) in [4.78, 5) is 13.2. The molecule has 1 amide bonds. The Balaban J connectivity index is 1.86. The van der Waals surface area contributed by atoms with Crippen LogP contribution in [0.2, 0.25) is 0 Å². The molecule has 0 aliphatic carbocycles. The van der Waals surface area contributed by atoms with Gasteiger partial charge in [-0.3, -0.25) is 4.79 Å². The second-order valence-electron chi connectivity index (χ2n) is 5.70. The van der Waals surface area contributed by atoms with Gasteiger partial charge >= 0.3 is 0 Å². The molecule has 0 fully saturated rings. The topological polar surface area (TPSA) is 80.2 Å². The van der Waals surface area contributed by atoms with Gasteiger partial charge < -0.3 is 9.88 Å². The monoisotopic (exact) mass is 383 g/mol. The first-order valence-corrected chi connectivity index (χ1v) is 10.1. The van der Waals surface area contributed by atoms with E-state index >= 15 is 0 Å². The van der Waals surface area contributed by atoms with Crippen molar-refractivity contribution in [1.82, 2.24) is 14.6 Å². The number of hydrogen-bond acceptors (Lipinski definition) is 4. The maximum absolute atomic E-state index is 13.9. The van der Waals surface area contributed by atoms with Crippen LogP contribution in [0.15, 0.2) is 40.3 Å². The SMILES string of the molecule is CNS(=O)(=O)c1cc(C(=O)N[C@@H]2CCSc3c(F)cccc32)n(C)c1. The predicted octanol–water partition coefficient (Wildman–Crippen LogP) is 2.04. The van der Waals surface area contributed by atoms with Gasteiger partial charge in [-0.2, -0.15) is 0 Å². The van der Waals surface area contributed by atoms with Gasteiger partial charge in [0, 0.05) is 23.9 Å². The molecule has 1 aliphatic rings. The molecule has 1 aromatic carbocycles. The number of aromatic nitrogens is 1. The van der Waals surface area contributed by atoms with E-state index < -0.39 is 15.9 Å². The average Bonchev–Trinajstić information content (AvgIpc) is 2.98. The van der Waals surface area contributed by atoms with Gasteiger partial charge in [-0.1, -0.05) is 12.1 Å². The standard InChI is InChI=1S/C16H18FN3O3S2/c1-18-25(22,23)10-8-14(20(2)9-10)16(21)19-13-6-7-24-15-11(13)4-3-5-12(15)17/h3-5,8-9,13,18H,6-7H2,1-2H3,(H,19,21)/t13-/m1/s1. The third-order valence-electron chi connectivity index (χ3n) is 4.12. The number of carbonyl (C=O) groups is 1. The van der Waals surface area contributed by atoms with Crippen molar-refractivity contribution in [3.05, 3.63) is 47.5 Å². The molecule has 2 heterocycles. The van der Waals surface area contributed by atoms with E-state index in [9.17, 15) is 17.6 Å². The maximum atomic E-state index is 13.9. The molecular formula is C16H18FN3O3S2. The normalized spacial score (nSPS) is 17.2. The third kappa shape index (κ3) is 3.44. The number of aryl methyl sites for hydroxylation is 1. The zero-order chi connectivity index (χ0) is 18.2. The van der Waals surface area contributed by atoms with E-state index in [0.717, 1.165) is 5.56 Å². The quantitative estimate of drug-likeness (QED) is 0.847. The van der Waals surface area contributed by atoms with Crippen LogP contribution in [-0.4, -0.2) is 31.7 Å². The van der Waals surface area contributed by atoms with Gasteiger partial charge in [0.25, 0.3) is 5.91 Å². The van der Waals surface area contributed by atoms with E-state index in [-0.39, 0.29) is 22.4 Å². The number of sulfonamides is 1. The lowest BCUT2D eigenvalue weighted by Crippen LogP contribution is -2.32. The molecule has 1 atom stereocenters. The Morgan fingerprint density at radius 3 is 2.88 bits per heavy atom. The number of fused-ring (bicyclic) bond motifs is 1. The van der Waals surface area contributed by atoms with Crippen molar-refractivity contribution in [2.24, 2.45) is 7.05 Å². The van der Waals surface area contributed by atoms with Crippen LogP contribution < -0.4 is 10.0 Å². The molecule has 2 aromatic rings. The summed E-state index contributed by atoms with van der Waals surface area (Å²) in [6, 6.07) is 5.85. The molecule has 0 saturated carbocycles. The summed E-state index contributed by atoms with van der Waals surface area (Å²) in [6.07, 6.45) is 2.06. The van der Waals surface area contributed by atoms with E-state index in [1.807, 2.05) is 0 Å². The van der Waals surface area contributed by atoms with Crippen molar-refractivity contribution < 1.29 is 17.6 Å². The van der Waals surface area contributed by atoms with Crippen LogP contribution in [0.25, 0.3) is 0 Å². The number of hydrogen-bond donors (Lipinski definition) is 2. The first-order chi connectivity index (χ1) is 11.8. The second kappa shape index (κ2) is 6.81. The van der Waals surface area contributed by atoms with Crippen molar-refractivity contribution >= 4 is 27.7 Å². The van der Waals surface area contributed by atoms with Gasteiger partial charge in [0.2, 0.25) is 10.0 Å². The van der Waals surface area contributed by atoms with Gasteiger partial charge in [-0.25, -0.2) is 17.5 Å². The Morgan fingerprint density at radius 2 is 2.16 bits per heavy atom. The lowest BCUT2D eigenvalue weighted by atomic mass is 10.0. The average molecular weight is 383 g/mol. The number of halogens is 1. The Labute approximate surface area is 149 Å². The molecule has 0 spiro atoms. The summed E-state index contributed by atoms with van der Waals surface area (Å²) >= 11 is 1.44. The van der Waals surface area contributed by atoms with Crippen LogP contribution in [0, 0.1) is 5.82 Å². The van der Waals surface area contributed by atoms with E-state index in [0.29, 0.717) is 17.1 Å². The van der Waals surface area contributed by atoms with E-state index in [2.05, 4.69) is 10.0 Å². The Bertz CT molecular complexity index is 925. The van der Waals surface area contributed by atoms with Crippen LogP contribution in [0.5, 0.6) is 0 Å². The molecule has 0 unspecified atom stereocenters. The molecule has 25 heavy (non-hydrogen) atoms. The third-order valence-corrected chi connectivity index (χ3v) is 6.66. The Hall–Kier alpha value is -1.84. The molecule has 134 valence electrons. The Kier molecular flexibility index (Phi) is 4.90. The zero-order valence-corrected chi connectivity index (χ0v) is 15.4. The molecule has 0 radical (unpaired) electrons. The number of nitrogens with one attached hydrogen (secondary N) is 2. The maximum Gasteiger partial charge on any atom is 0.268 e. The molecule has 0 saturated heterocycles. The number of amides is 1. The van der Waals surface area contributed by atoms with Gasteiger partial charge in [-0.15, -0.1) is 11.8 Å². The molecule has 1 aromatic heterocycles. The summed E-state index contributed by atoms with van der Waals surface area (Å²) in [5, 5.41) is 2.89. The van der Waals surface area contributed by atoms with E-state index in [1.165, 1.54) is 41.7 Å². The fraction of sp³-hybridized carbons (Fsp3) is 0.312. The highest BCUT2D eigenvalue weighted by Gasteiger charge is 2.26. The van der Waals surface area contributed by atoms with Gasteiger partial charge in [0.1, 0.15) is 16.4 Å². The lowest BCUT2D eigenvalue weighted by Gasteiger charge is -2.26. The van der Waals surface area contributed by atoms with Crippen molar-refractivity contribution in [2.45, 2.75) is 22.3 Å².